The first-order chi connectivity index (χ1) is 15.0. The van der Waals surface area contributed by atoms with Crippen LogP contribution in [0.15, 0.2) is 48.5 Å². The highest BCUT2D eigenvalue weighted by Gasteiger charge is 2.21. The van der Waals surface area contributed by atoms with Gasteiger partial charge in [-0.05, 0) is 55.8 Å². The van der Waals surface area contributed by atoms with Crippen LogP contribution < -0.4 is 9.64 Å². The van der Waals surface area contributed by atoms with Gasteiger partial charge in [0.25, 0.3) is 0 Å². The molecular formula is C23H26N6O2. The first kappa shape index (κ1) is 20.6. The standard InChI is InChI=1S/C23H26N6O2/c1-17-16-18(2)29(26-17)22-10-9-21(24-25-22)27-12-14-28(15-13-27)23(30)11-6-19-4-7-20(31-3)8-5-19/h4-11,16H,12-15H2,1-3H3/b11-6+. The minimum absolute atomic E-state index is 0.0152. The van der Waals surface area contributed by atoms with E-state index in [0.29, 0.717) is 18.9 Å². The fourth-order valence-corrected chi connectivity index (χ4v) is 3.60. The summed E-state index contributed by atoms with van der Waals surface area (Å²) in [6, 6.07) is 13.5. The summed E-state index contributed by atoms with van der Waals surface area (Å²) in [4.78, 5) is 16.5. The molecule has 1 fully saturated rings. The van der Waals surface area contributed by atoms with Gasteiger partial charge in [0, 0.05) is 37.9 Å². The molecule has 0 spiro atoms. The molecule has 3 aromatic rings. The van der Waals surface area contributed by atoms with Gasteiger partial charge in [0.15, 0.2) is 11.6 Å². The molecule has 1 amide bonds. The van der Waals surface area contributed by atoms with Crippen LogP contribution in [0.5, 0.6) is 5.75 Å². The average Bonchev–Trinajstić information content (AvgIpc) is 3.15. The van der Waals surface area contributed by atoms with E-state index in [2.05, 4.69) is 20.2 Å². The number of anilines is 1. The molecule has 8 heteroatoms. The van der Waals surface area contributed by atoms with E-state index in [0.717, 1.165) is 41.6 Å². The van der Waals surface area contributed by atoms with Gasteiger partial charge in [0.2, 0.25) is 5.91 Å². The van der Waals surface area contributed by atoms with E-state index in [1.54, 1.807) is 17.9 Å². The summed E-state index contributed by atoms with van der Waals surface area (Å²) in [6.45, 7) is 6.68. The summed E-state index contributed by atoms with van der Waals surface area (Å²) in [5.41, 5.74) is 2.94. The zero-order valence-corrected chi connectivity index (χ0v) is 18.0. The third-order valence-electron chi connectivity index (χ3n) is 5.31. The van der Waals surface area contributed by atoms with E-state index in [9.17, 15) is 4.79 Å². The quantitative estimate of drug-likeness (QED) is 0.593. The van der Waals surface area contributed by atoms with Crippen molar-refractivity contribution in [2.75, 3.05) is 38.2 Å². The Morgan fingerprint density at radius 1 is 0.968 bits per heavy atom. The number of benzene rings is 1. The second kappa shape index (κ2) is 8.99. The third kappa shape index (κ3) is 4.74. The van der Waals surface area contributed by atoms with E-state index in [1.807, 2.05) is 67.3 Å². The highest BCUT2D eigenvalue weighted by Crippen LogP contribution is 2.16. The fourth-order valence-electron chi connectivity index (χ4n) is 3.60. The number of methoxy groups -OCH3 is 1. The van der Waals surface area contributed by atoms with Crippen LogP contribution in [0.3, 0.4) is 0 Å². The van der Waals surface area contributed by atoms with Crippen LogP contribution >= 0.6 is 0 Å². The number of ether oxygens (including phenoxy) is 1. The van der Waals surface area contributed by atoms with Crippen LogP contribution in [0, 0.1) is 13.8 Å². The molecule has 1 saturated heterocycles. The van der Waals surface area contributed by atoms with Gasteiger partial charge in [-0.15, -0.1) is 10.2 Å². The summed E-state index contributed by atoms with van der Waals surface area (Å²) < 4.78 is 6.94. The lowest BCUT2D eigenvalue weighted by Crippen LogP contribution is -2.48. The smallest absolute Gasteiger partial charge is 0.246 e. The molecule has 4 rings (SSSR count). The molecule has 2 aromatic heterocycles. The largest absolute Gasteiger partial charge is 0.497 e. The van der Waals surface area contributed by atoms with Crippen LogP contribution in [0.25, 0.3) is 11.9 Å². The summed E-state index contributed by atoms with van der Waals surface area (Å²) in [7, 11) is 1.63. The first-order valence-electron chi connectivity index (χ1n) is 10.3. The average molecular weight is 419 g/mol. The molecule has 0 saturated carbocycles. The van der Waals surface area contributed by atoms with E-state index in [1.165, 1.54) is 0 Å². The minimum Gasteiger partial charge on any atom is -0.497 e. The number of amides is 1. The monoisotopic (exact) mass is 418 g/mol. The van der Waals surface area contributed by atoms with E-state index in [4.69, 9.17) is 4.74 Å². The van der Waals surface area contributed by atoms with Crippen molar-refractivity contribution in [3.8, 4) is 11.6 Å². The fraction of sp³-hybridized carbons (Fsp3) is 0.304. The number of hydrogen-bond acceptors (Lipinski definition) is 6. The van der Waals surface area contributed by atoms with Crippen molar-refractivity contribution >= 4 is 17.8 Å². The lowest BCUT2D eigenvalue weighted by Gasteiger charge is -2.34. The lowest BCUT2D eigenvalue weighted by molar-refractivity contribution is -0.126. The number of aryl methyl sites for hydroxylation is 2. The molecule has 0 bridgehead atoms. The molecule has 1 aliphatic rings. The van der Waals surface area contributed by atoms with Crippen molar-refractivity contribution in [2.45, 2.75) is 13.8 Å². The number of piperazine rings is 1. The maximum absolute atomic E-state index is 12.5. The van der Waals surface area contributed by atoms with Crippen molar-refractivity contribution < 1.29 is 9.53 Å². The zero-order chi connectivity index (χ0) is 21.8. The summed E-state index contributed by atoms with van der Waals surface area (Å²) in [5, 5.41) is 13.2. The van der Waals surface area contributed by atoms with Gasteiger partial charge in [-0.1, -0.05) is 12.1 Å². The lowest BCUT2D eigenvalue weighted by atomic mass is 10.2. The predicted octanol–water partition coefficient (Wildman–Crippen LogP) is 2.65. The van der Waals surface area contributed by atoms with Crippen LogP contribution in [0.4, 0.5) is 5.82 Å². The van der Waals surface area contributed by atoms with Crippen molar-refractivity contribution in [2.24, 2.45) is 0 Å². The molecule has 0 aliphatic carbocycles. The topological polar surface area (TPSA) is 76.4 Å². The molecule has 0 atom stereocenters. The highest BCUT2D eigenvalue weighted by molar-refractivity contribution is 5.92. The summed E-state index contributed by atoms with van der Waals surface area (Å²) in [5.74, 6) is 2.32. The Hall–Kier alpha value is -3.68. The van der Waals surface area contributed by atoms with Crippen LogP contribution in [-0.4, -0.2) is 64.1 Å². The predicted molar refractivity (Wildman–Crippen MR) is 119 cm³/mol. The molecule has 3 heterocycles. The number of rotatable bonds is 5. The Labute approximate surface area is 181 Å². The molecule has 1 aromatic carbocycles. The van der Waals surface area contributed by atoms with Crippen LogP contribution in [-0.2, 0) is 4.79 Å². The normalized spacial score (nSPS) is 14.3. The Morgan fingerprint density at radius 2 is 1.65 bits per heavy atom. The molecule has 31 heavy (non-hydrogen) atoms. The maximum atomic E-state index is 12.5. The molecule has 1 aliphatic heterocycles. The van der Waals surface area contributed by atoms with Gasteiger partial charge in [-0.25, -0.2) is 4.68 Å². The Bertz CT molecular complexity index is 1060. The van der Waals surface area contributed by atoms with E-state index in [-0.39, 0.29) is 5.91 Å². The summed E-state index contributed by atoms with van der Waals surface area (Å²) in [6.07, 6.45) is 3.46. The van der Waals surface area contributed by atoms with Gasteiger partial charge >= 0.3 is 0 Å². The van der Waals surface area contributed by atoms with E-state index >= 15 is 0 Å². The molecule has 160 valence electrons. The molecule has 0 radical (unpaired) electrons. The Kier molecular flexibility index (Phi) is 5.97. The number of carbonyl (C=O) groups excluding carboxylic acids is 1. The van der Waals surface area contributed by atoms with Gasteiger partial charge in [-0.3, -0.25) is 4.79 Å². The third-order valence-corrected chi connectivity index (χ3v) is 5.31. The molecule has 0 N–H and O–H groups in total. The van der Waals surface area contributed by atoms with E-state index < -0.39 is 0 Å². The minimum atomic E-state index is 0.0152. The van der Waals surface area contributed by atoms with Crippen molar-refractivity contribution in [3.05, 3.63) is 65.5 Å². The summed E-state index contributed by atoms with van der Waals surface area (Å²) >= 11 is 0. The second-order valence-electron chi connectivity index (χ2n) is 7.51. The number of aromatic nitrogens is 4. The van der Waals surface area contributed by atoms with Crippen LogP contribution in [0.2, 0.25) is 0 Å². The molecule has 8 nitrogen and oxygen atoms in total. The molecule has 0 unspecified atom stereocenters. The maximum Gasteiger partial charge on any atom is 0.246 e. The van der Waals surface area contributed by atoms with Crippen molar-refractivity contribution in [1.29, 1.82) is 0 Å². The first-order valence-corrected chi connectivity index (χ1v) is 10.3. The van der Waals surface area contributed by atoms with Gasteiger partial charge in [0.05, 0.1) is 12.8 Å². The van der Waals surface area contributed by atoms with Crippen molar-refractivity contribution in [1.82, 2.24) is 24.9 Å². The van der Waals surface area contributed by atoms with Gasteiger partial charge in [-0.2, -0.15) is 5.10 Å². The van der Waals surface area contributed by atoms with Gasteiger partial charge in [0.1, 0.15) is 5.75 Å². The Morgan fingerprint density at radius 3 is 2.23 bits per heavy atom. The second-order valence-corrected chi connectivity index (χ2v) is 7.51. The zero-order valence-electron chi connectivity index (χ0n) is 18.0. The number of hydrogen-bond donors (Lipinski definition) is 0. The van der Waals surface area contributed by atoms with Crippen LogP contribution in [0.1, 0.15) is 17.0 Å². The van der Waals surface area contributed by atoms with Gasteiger partial charge < -0.3 is 14.5 Å². The Balaban J connectivity index is 1.33. The number of carbonyl (C=O) groups is 1. The highest BCUT2D eigenvalue weighted by atomic mass is 16.5. The van der Waals surface area contributed by atoms with Crippen molar-refractivity contribution in [3.63, 3.8) is 0 Å². The molecular weight excluding hydrogens is 392 g/mol. The SMILES string of the molecule is COc1ccc(/C=C/C(=O)N2CCN(c3ccc(-n4nc(C)cc4C)nn3)CC2)cc1. The number of nitrogens with zero attached hydrogens (tertiary/aromatic N) is 6.